The Morgan fingerprint density at radius 3 is 2.43 bits per heavy atom. The first kappa shape index (κ1) is 18.4. The molecule has 0 aliphatic heterocycles. The number of ether oxygens (including phenoxy) is 2. The third-order valence-electron chi connectivity index (χ3n) is 4.92. The Morgan fingerprint density at radius 1 is 1.07 bits per heavy atom. The van der Waals surface area contributed by atoms with Crippen molar-refractivity contribution in [2.45, 2.75) is 24.2 Å². The van der Waals surface area contributed by atoms with Gasteiger partial charge in [-0.2, -0.15) is 0 Å². The average molecular weight is 400 g/mol. The second-order valence-corrected chi connectivity index (χ2v) is 8.25. The molecule has 1 atom stereocenters. The van der Waals surface area contributed by atoms with Gasteiger partial charge in [0.05, 0.1) is 14.2 Å². The summed E-state index contributed by atoms with van der Waals surface area (Å²) in [6, 6.07) is 12.7. The molecule has 1 N–H and O–H groups in total. The van der Waals surface area contributed by atoms with Crippen LogP contribution >= 0.6 is 0 Å². The summed E-state index contributed by atoms with van der Waals surface area (Å²) in [6.45, 7) is 2.09. The molecule has 3 aromatic rings. The summed E-state index contributed by atoms with van der Waals surface area (Å²) in [5, 5.41) is 4.01. The van der Waals surface area contributed by atoms with E-state index in [4.69, 9.17) is 14.0 Å². The highest BCUT2D eigenvalue weighted by molar-refractivity contribution is 7.93. The molecule has 8 heteroatoms. The number of rotatable bonds is 5. The van der Waals surface area contributed by atoms with Crippen molar-refractivity contribution >= 4 is 15.8 Å². The maximum atomic E-state index is 13.1. The molecule has 0 radical (unpaired) electrons. The molecular weight excluding hydrogens is 380 g/mol. The molecule has 0 fully saturated rings. The van der Waals surface area contributed by atoms with Gasteiger partial charge in [0.1, 0.15) is 11.5 Å². The monoisotopic (exact) mass is 400 g/mol. The summed E-state index contributed by atoms with van der Waals surface area (Å²) in [4.78, 5) is -0.0824. The van der Waals surface area contributed by atoms with Gasteiger partial charge in [-0.05, 0) is 30.0 Å². The molecule has 0 amide bonds. The van der Waals surface area contributed by atoms with Crippen LogP contribution in [0.25, 0.3) is 11.3 Å². The Hall–Kier alpha value is -3.00. The summed E-state index contributed by atoms with van der Waals surface area (Å²) in [6.07, 6.45) is 0.622. The fourth-order valence-electron chi connectivity index (χ4n) is 3.60. The van der Waals surface area contributed by atoms with Gasteiger partial charge in [0.2, 0.25) is 0 Å². The van der Waals surface area contributed by atoms with Gasteiger partial charge in [-0.1, -0.05) is 42.4 Å². The number of benzene rings is 2. The molecule has 28 heavy (non-hydrogen) atoms. The second kappa shape index (κ2) is 6.87. The van der Waals surface area contributed by atoms with E-state index in [0.717, 1.165) is 16.7 Å². The van der Waals surface area contributed by atoms with Crippen LogP contribution in [-0.4, -0.2) is 27.8 Å². The highest BCUT2D eigenvalue weighted by Crippen LogP contribution is 2.43. The number of methoxy groups -OCH3 is 2. The molecule has 0 bridgehead atoms. The number of fused-ring (bicyclic) bond motifs is 3. The maximum Gasteiger partial charge on any atom is 0.270 e. The fourth-order valence-corrected chi connectivity index (χ4v) is 4.95. The molecule has 1 aliphatic carbocycles. The van der Waals surface area contributed by atoms with Crippen LogP contribution in [0.1, 0.15) is 24.0 Å². The number of hydrogen-bond acceptors (Lipinski definition) is 6. The molecular formula is C20H20N2O5S. The van der Waals surface area contributed by atoms with Crippen molar-refractivity contribution in [3.63, 3.8) is 0 Å². The molecule has 1 aromatic heterocycles. The summed E-state index contributed by atoms with van der Waals surface area (Å²) in [5.41, 5.74) is 2.83. The minimum Gasteiger partial charge on any atom is -0.495 e. The van der Waals surface area contributed by atoms with Crippen LogP contribution in [0.5, 0.6) is 11.5 Å². The van der Waals surface area contributed by atoms with E-state index < -0.39 is 10.0 Å². The molecule has 0 saturated heterocycles. The summed E-state index contributed by atoms with van der Waals surface area (Å²) < 4.78 is 44.8. The van der Waals surface area contributed by atoms with Gasteiger partial charge in [0.25, 0.3) is 10.0 Å². The van der Waals surface area contributed by atoms with E-state index in [1.165, 1.54) is 14.2 Å². The van der Waals surface area contributed by atoms with E-state index in [-0.39, 0.29) is 28.1 Å². The SMILES string of the molecule is COc1cccc(OC)c1S(=O)(=O)Nc1noc2c1CC(C)c1ccccc1-2. The van der Waals surface area contributed by atoms with Gasteiger partial charge in [0, 0.05) is 11.1 Å². The third-order valence-corrected chi connectivity index (χ3v) is 6.32. The van der Waals surface area contributed by atoms with Crippen molar-refractivity contribution in [2.75, 3.05) is 18.9 Å². The lowest BCUT2D eigenvalue weighted by molar-refractivity contribution is 0.373. The first-order valence-corrected chi connectivity index (χ1v) is 10.3. The number of hydrogen-bond donors (Lipinski definition) is 1. The van der Waals surface area contributed by atoms with E-state index in [1.54, 1.807) is 18.2 Å². The lowest BCUT2D eigenvalue weighted by atomic mass is 9.83. The maximum absolute atomic E-state index is 13.1. The van der Waals surface area contributed by atoms with Crippen LogP contribution < -0.4 is 14.2 Å². The Labute approximate surface area is 163 Å². The number of nitrogens with zero attached hydrogens (tertiary/aromatic N) is 1. The molecule has 0 saturated carbocycles. The van der Waals surface area contributed by atoms with Crippen LogP contribution in [0.2, 0.25) is 0 Å². The van der Waals surface area contributed by atoms with E-state index in [2.05, 4.69) is 22.9 Å². The van der Waals surface area contributed by atoms with Crippen LogP contribution in [-0.2, 0) is 16.4 Å². The minimum atomic E-state index is -4.02. The fraction of sp³-hybridized carbons (Fsp3) is 0.250. The highest BCUT2D eigenvalue weighted by Gasteiger charge is 2.32. The first-order valence-electron chi connectivity index (χ1n) is 8.78. The van der Waals surface area contributed by atoms with Gasteiger partial charge in [-0.15, -0.1) is 0 Å². The molecule has 1 unspecified atom stereocenters. The van der Waals surface area contributed by atoms with Crippen molar-refractivity contribution in [1.82, 2.24) is 5.16 Å². The molecule has 1 aliphatic rings. The minimum absolute atomic E-state index is 0.0824. The Balaban J connectivity index is 1.78. The largest absolute Gasteiger partial charge is 0.495 e. The van der Waals surface area contributed by atoms with Crippen LogP contribution in [0.3, 0.4) is 0 Å². The smallest absolute Gasteiger partial charge is 0.270 e. The van der Waals surface area contributed by atoms with Gasteiger partial charge >= 0.3 is 0 Å². The van der Waals surface area contributed by atoms with Crippen LogP contribution in [0.15, 0.2) is 51.9 Å². The van der Waals surface area contributed by atoms with Gasteiger partial charge < -0.3 is 14.0 Å². The van der Waals surface area contributed by atoms with Crippen LogP contribution in [0, 0.1) is 0 Å². The Morgan fingerprint density at radius 2 is 1.75 bits per heavy atom. The number of anilines is 1. The van der Waals surface area contributed by atoms with Crippen molar-refractivity contribution < 1.29 is 22.4 Å². The molecule has 2 aromatic carbocycles. The molecule has 1 heterocycles. The normalized spacial score (nSPS) is 15.5. The highest BCUT2D eigenvalue weighted by atomic mass is 32.2. The first-order chi connectivity index (χ1) is 13.5. The lowest BCUT2D eigenvalue weighted by Gasteiger charge is -2.21. The van der Waals surface area contributed by atoms with E-state index >= 15 is 0 Å². The quantitative estimate of drug-likeness (QED) is 0.700. The van der Waals surface area contributed by atoms with Crippen molar-refractivity contribution in [3.8, 4) is 22.8 Å². The molecule has 4 rings (SSSR count). The lowest BCUT2D eigenvalue weighted by Crippen LogP contribution is -2.17. The van der Waals surface area contributed by atoms with Gasteiger partial charge in [0.15, 0.2) is 16.5 Å². The standard InChI is InChI=1S/C20H20N2O5S/c1-12-11-15-18(14-8-5-4-7-13(12)14)27-21-20(15)22-28(23,24)19-16(25-2)9-6-10-17(19)26-3/h4-10,12H,11H2,1-3H3,(H,21,22). The predicted octanol–water partition coefficient (Wildman–Crippen LogP) is 3.82. The summed E-state index contributed by atoms with van der Waals surface area (Å²) in [7, 11) is -1.21. The Kier molecular flexibility index (Phi) is 4.50. The summed E-state index contributed by atoms with van der Waals surface area (Å²) >= 11 is 0. The molecule has 146 valence electrons. The summed E-state index contributed by atoms with van der Waals surface area (Å²) in [5.74, 6) is 1.36. The van der Waals surface area contributed by atoms with Crippen LogP contribution in [0.4, 0.5) is 5.82 Å². The van der Waals surface area contributed by atoms with Crippen molar-refractivity contribution in [2.24, 2.45) is 0 Å². The second-order valence-electron chi connectivity index (χ2n) is 6.63. The molecule has 0 spiro atoms. The third kappa shape index (κ3) is 2.90. The number of aromatic nitrogens is 1. The molecule has 7 nitrogen and oxygen atoms in total. The average Bonchev–Trinajstić information content (AvgIpc) is 3.09. The number of sulfonamides is 1. The van der Waals surface area contributed by atoms with E-state index in [1.807, 2.05) is 18.2 Å². The van der Waals surface area contributed by atoms with E-state index in [0.29, 0.717) is 12.2 Å². The zero-order chi connectivity index (χ0) is 19.9. The zero-order valence-corrected chi connectivity index (χ0v) is 16.5. The van der Waals surface area contributed by atoms with Crippen molar-refractivity contribution in [1.29, 1.82) is 0 Å². The zero-order valence-electron chi connectivity index (χ0n) is 15.7. The van der Waals surface area contributed by atoms with E-state index in [9.17, 15) is 8.42 Å². The number of nitrogens with one attached hydrogen (secondary N) is 1. The van der Waals surface area contributed by atoms with Crippen molar-refractivity contribution in [3.05, 3.63) is 53.6 Å². The predicted molar refractivity (Wildman–Crippen MR) is 104 cm³/mol. The van der Waals surface area contributed by atoms with Gasteiger partial charge in [-0.3, -0.25) is 4.72 Å². The Bertz CT molecular complexity index is 1110. The topological polar surface area (TPSA) is 90.7 Å². The van der Waals surface area contributed by atoms with Gasteiger partial charge in [-0.25, -0.2) is 8.42 Å².